The van der Waals surface area contributed by atoms with E-state index in [2.05, 4.69) is 95.4 Å². The van der Waals surface area contributed by atoms with Crippen LogP contribution in [0.2, 0.25) is 0 Å². The Bertz CT molecular complexity index is 727. The zero-order chi connectivity index (χ0) is 17.4. The maximum Gasteiger partial charge on any atom is 0.112 e. The highest BCUT2D eigenvalue weighted by atomic mass is 32.2. The van der Waals surface area contributed by atoms with Gasteiger partial charge in [0.1, 0.15) is 4.75 Å². The first-order chi connectivity index (χ1) is 12.4. The zero-order valence-electron chi connectivity index (χ0n) is 14.2. The SMILES string of the molecule is C/C=C/C=NSC(c1ccccc1)(c1ccccc1)c1ccccc1. The molecule has 0 atom stereocenters. The second kappa shape index (κ2) is 8.50. The van der Waals surface area contributed by atoms with Crippen LogP contribution in [0.4, 0.5) is 0 Å². The molecule has 0 spiro atoms. The van der Waals surface area contributed by atoms with Crippen molar-refractivity contribution in [1.82, 2.24) is 0 Å². The Hall–Kier alpha value is -2.58. The van der Waals surface area contributed by atoms with Crippen molar-refractivity contribution in [3.05, 3.63) is 120 Å². The summed E-state index contributed by atoms with van der Waals surface area (Å²) in [5, 5.41) is 0. The Morgan fingerprint density at radius 2 is 1.08 bits per heavy atom. The van der Waals surface area contributed by atoms with Crippen LogP contribution in [0.1, 0.15) is 23.6 Å². The average molecular weight is 343 g/mol. The van der Waals surface area contributed by atoms with E-state index in [1.807, 2.05) is 25.3 Å². The molecule has 0 aliphatic heterocycles. The Morgan fingerprint density at radius 1 is 0.680 bits per heavy atom. The van der Waals surface area contributed by atoms with Gasteiger partial charge in [0.15, 0.2) is 0 Å². The molecule has 2 heteroatoms. The van der Waals surface area contributed by atoms with E-state index in [1.54, 1.807) is 11.9 Å². The van der Waals surface area contributed by atoms with Crippen molar-refractivity contribution in [2.24, 2.45) is 4.40 Å². The highest BCUT2D eigenvalue weighted by molar-refractivity contribution is 7.99. The summed E-state index contributed by atoms with van der Waals surface area (Å²) < 4.78 is 4.28. The second-order valence-electron chi connectivity index (χ2n) is 5.65. The van der Waals surface area contributed by atoms with Crippen molar-refractivity contribution >= 4 is 18.2 Å². The highest BCUT2D eigenvalue weighted by Crippen LogP contribution is 2.48. The van der Waals surface area contributed by atoms with Gasteiger partial charge in [-0.25, -0.2) is 4.40 Å². The molecule has 3 aromatic carbocycles. The van der Waals surface area contributed by atoms with E-state index < -0.39 is 0 Å². The zero-order valence-corrected chi connectivity index (χ0v) is 15.1. The Kier molecular flexibility index (Phi) is 5.86. The van der Waals surface area contributed by atoms with Gasteiger partial charge in [0.2, 0.25) is 0 Å². The van der Waals surface area contributed by atoms with Crippen molar-refractivity contribution in [3.8, 4) is 0 Å². The molecule has 0 amide bonds. The van der Waals surface area contributed by atoms with Gasteiger partial charge in [-0.2, -0.15) is 0 Å². The van der Waals surface area contributed by atoms with E-state index in [1.165, 1.54) is 16.7 Å². The number of hydrogen-bond donors (Lipinski definition) is 0. The molecule has 0 radical (unpaired) electrons. The molecule has 1 nitrogen and oxygen atoms in total. The van der Waals surface area contributed by atoms with E-state index in [9.17, 15) is 0 Å². The van der Waals surface area contributed by atoms with Gasteiger partial charge in [-0.1, -0.05) is 97.1 Å². The molecule has 25 heavy (non-hydrogen) atoms. The molecule has 0 aromatic heterocycles. The lowest BCUT2D eigenvalue weighted by molar-refractivity contribution is 0.896. The summed E-state index contributed by atoms with van der Waals surface area (Å²) in [5.74, 6) is 0. The third kappa shape index (κ3) is 3.75. The van der Waals surface area contributed by atoms with Crippen molar-refractivity contribution in [2.75, 3.05) is 0 Å². The first-order valence-corrected chi connectivity index (χ1v) is 9.14. The molecule has 0 N–H and O–H groups in total. The summed E-state index contributed by atoms with van der Waals surface area (Å²) in [6.07, 6.45) is 5.80. The number of allylic oxidation sites excluding steroid dienone is 2. The van der Waals surface area contributed by atoms with Crippen molar-refractivity contribution in [3.63, 3.8) is 0 Å². The van der Waals surface area contributed by atoms with Crippen LogP contribution in [-0.4, -0.2) is 6.21 Å². The molecule has 0 unspecified atom stereocenters. The first kappa shape index (κ1) is 17.2. The minimum absolute atomic E-state index is 0.387. The van der Waals surface area contributed by atoms with E-state index in [-0.39, 0.29) is 4.75 Å². The largest absolute Gasteiger partial charge is 0.223 e. The first-order valence-electron chi connectivity index (χ1n) is 8.37. The van der Waals surface area contributed by atoms with Gasteiger partial charge in [-0.15, -0.1) is 0 Å². The molecule has 0 fully saturated rings. The highest BCUT2D eigenvalue weighted by Gasteiger charge is 2.37. The fourth-order valence-electron chi connectivity index (χ4n) is 2.91. The average Bonchev–Trinajstić information content (AvgIpc) is 2.70. The predicted molar refractivity (Wildman–Crippen MR) is 110 cm³/mol. The molecule has 3 aromatic rings. The lowest BCUT2D eigenvalue weighted by Crippen LogP contribution is -2.24. The molecule has 0 heterocycles. The fourth-order valence-corrected chi connectivity index (χ4v) is 3.92. The number of benzene rings is 3. The lowest BCUT2D eigenvalue weighted by atomic mass is 9.84. The molecule has 0 aliphatic carbocycles. The van der Waals surface area contributed by atoms with Crippen LogP contribution < -0.4 is 0 Å². The lowest BCUT2D eigenvalue weighted by Gasteiger charge is -2.33. The van der Waals surface area contributed by atoms with Gasteiger partial charge in [0.25, 0.3) is 0 Å². The van der Waals surface area contributed by atoms with E-state index in [0.29, 0.717) is 0 Å². The number of hydrogen-bond acceptors (Lipinski definition) is 2. The van der Waals surface area contributed by atoms with Crippen LogP contribution in [-0.2, 0) is 4.75 Å². The minimum atomic E-state index is -0.387. The summed E-state index contributed by atoms with van der Waals surface area (Å²) in [6, 6.07) is 31.8. The van der Waals surface area contributed by atoms with Crippen LogP contribution in [0.15, 0.2) is 108 Å². The van der Waals surface area contributed by atoms with Crippen LogP contribution in [0.3, 0.4) is 0 Å². The predicted octanol–water partition coefficient (Wildman–Crippen LogP) is 6.27. The monoisotopic (exact) mass is 343 g/mol. The quantitative estimate of drug-likeness (QED) is 0.292. The Balaban J connectivity index is 2.23. The van der Waals surface area contributed by atoms with Gasteiger partial charge in [0.05, 0.1) is 0 Å². The minimum Gasteiger partial charge on any atom is -0.223 e. The Labute approximate surface area is 154 Å². The summed E-state index contributed by atoms with van der Waals surface area (Å²) in [5.41, 5.74) is 3.65. The van der Waals surface area contributed by atoms with Gasteiger partial charge in [-0.3, -0.25) is 0 Å². The fraction of sp³-hybridized carbons (Fsp3) is 0.0870. The smallest absolute Gasteiger partial charge is 0.112 e. The maximum absolute atomic E-state index is 4.67. The topological polar surface area (TPSA) is 12.4 Å². The second-order valence-corrected chi connectivity index (χ2v) is 6.66. The third-order valence-corrected chi connectivity index (χ3v) is 5.28. The van der Waals surface area contributed by atoms with Crippen molar-refractivity contribution in [2.45, 2.75) is 11.7 Å². The molecule has 3 rings (SSSR count). The number of rotatable bonds is 6. The number of nitrogens with zero attached hydrogens (tertiary/aromatic N) is 1. The molecular formula is C23H21NS. The van der Waals surface area contributed by atoms with Gasteiger partial charge in [-0.05, 0) is 41.6 Å². The summed E-state index contributed by atoms with van der Waals surface area (Å²) in [7, 11) is 0. The van der Waals surface area contributed by atoms with E-state index in [0.717, 1.165) is 0 Å². The summed E-state index contributed by atoms with van der Waals surface area (Å²) in [6.45, 7) is 2.00. The molecule has 0 bridgehead atoms. The van der Waals surface area contributed by atoms with Crippen molar-refractivity contribution in [1.29, 1.82) is 0 Å². The van der Waals surface area contributed by atoms with E-state index >= 15 is 0 Å². The van der Waals surface area contributed by atoms with Crippen LogP contribution in [0.25, 0.3) is 0 Å². The molecule has 0 aliphatic rings. The molecule has 0 saturated carbocycles. The van der Waals surface area contributed by atoms with Gasteiger partial charge >= 0.3 is 0 Å². The molecular weight excluding hydrogens is 322 g/mol. The maximum atomic E-state index is 4.67. The molecule has 0 saturated heterocycles. The molecule has 124 valence electrons. The summed E-state index contributed by atoms with van der Waals surface area (Å²) in [4.78, 5) is 0. The normalized spacial score (nSPS) is 12.0. The van der Waals surface area contributed by atoms with Gasteiger partial charge in [0, 0.05) is 6.21 Å². The standard InChI is InChI=1S/C23H21NS/c1-2-3-19-24-25-23(20-13-7-4-8-14-20,21-15-9-5-10-16-21)22-17-11-6-12-18-22/h2-19H,1H3/b3-2+,24-19?. The third-order valence-electron chi connectivity index (χ3n) is 4.07. The van der Waals surface area contributed by atoms with E-state index in [4.69, 9.17) is 0 Å². The van der Waals surface area contributed by atoms with Gasteiger partial charge < -0.3 is 0 Å². The Morgan fingerprint density at radius 3 is 1.44 bits per heavy atom. The van der Waals surface area contributed by atoms with Crippen LogP contribution >= 0.6 is 11.9 Å². The van der Waals surface area contributed by atoms with Crippen molar-refractivity contribution < 1.29 is 0 Å². The van der Waals surface area contributed by atoms with Crippen LogP contribution in [0.5, 0.6) is 0 Å². The summed E-state index contributed by atoms with van der Waals surface area (Å²) >= 11 is 1.59. The van der Waals surface area contributed by atoms with Crippen LogP contribution in [0, 0.1) is 0 Å².